The highest BCUT2D eigenvalue weighted by Crippen LogP contribution is 2.37. The van der Waals surface area contributed by atoms with Gasteiger partial charge >= 0.3 is 6.18 Å². The fourth-order valence-electron chi connectivity index (χ4n) is 1.21. The van der Waals surface area contributed by atoms with Gasteiger partial charge in [0.2, 0.25) is 0 Å². The molecule has 0 unspecified atom stereocenters. The maximum absolute atomic E-state index is 12.5. The van der Waals surface area contributed by atoms with E-state index in [-0.39, 0.29) is 15.8 Å². The van der Waals surface area contributed by atoms with Crippen molar-refractivity contribution in [3.05, 3.63) is 33.9 Å². The van der Waals surface area contributed by atoms with E-state index >= 15 is 0 Å². The molecule has 3 nitrogen and oxygen atoms in total. The molecule has 0 aliphatic heterocycles. The zero-order valence-electron chi connectivity index (χ0n) is 9.86. The average molecular weight is 339 g/mol. The first-order valence-corrected chi connectivity index (χ1v) is 7.16. The summed E-state index contributed by atoms with van der Waals surface area (Å²) < 4.78 is 37.9. The summed E-state index contributed by atoms with van der Waals surface area (Å²) in [6, 6.07) is 0.816. The van der Waals surface area contributed by atoms with Crippen LogP contribution in [-0.4, -0.2) is 15.8 Å². The number of thiazole rings is 1. The minimum atomic E-state index is -4.48. The molecule has 0 saturated heterocycles. The van der Waals surface area contributed by atoms with Gasteiger partial charge in [0, 0.05) is 13.1 Å². The number of pyridine rings is 1. The second-order valence-electron chi connectivity index (χ2n) is 3.66. The fourth-order valence-corrected chi connectivity index (χ4v) is 3.24. The molecule has 0 saturated carbocycles. The van der Waals surface area contributed by atoms with Gasteiger partial charge in [0.1, 0.15) is 5.03 Å². The number of carbonyl (C=O) groups is 1. The fraction of sp³-hybridized carbons (Fsp3) is 0.182. The number of hydrogen-bond donors (Lipinski definition) is 0. The SMILES string of the molecule is CC(=O)c1cnc(Sc2ncc(C(F)(F)F)cc2Cl)s1. The van der Waals surface area contributed by atoms with E-state index in [0.29, 0.717) is 15.4 Å². The molecule has 20 heavy (non-hydrogen) atoms. The number of alkyl halides is 3. The molecule has 0 bridgehead atoms. The van der Waals surface area contributed by atoms with Gasteiger partial charge in [0.25, 0.3) is 0 Å². The number of rotatable bonds is 3. The summed E-state index contributed by atoms with van der Waals surface area (Å²) in [6.45, 7) is 1.41. The molecule has 0 aliphatic rings. The molecule has 2 aromatic rings. The third kappa shape index (κ3) is 3.50. The summed E-state index contributed by atoms with van der Waals surface area (Å²) in [4.78, 5) is 19.3. The third-order valence-corrected chi connectivity index (χ3v) is 4.74. The number of nitrogens with zero attached hydrogens (tertiary/aromatic N) is 2. The Kier molecular flexibility index (Phi) is 4.36. The molecule has 0 aromatic carbocycles. The van der Waals surface area contributed by atoms with Crippen molar-refractivity contribution in [3.8, 4) is 0 Å². The van der Waals surface area contributed by atoms with E-state index in [9.17, 15) is 18.0 Å². The van der Waals surface area contributed by atoms with E-state index in [4.69, 9.17) is 11.6 Å². The van der Waals surface area contributed by atoms with Gasteiger partial charge in [-0.05, 0) is 17.8 Å². The minimum Gasteiger partial charge on any atom is -0.294 e. The van der Waals surface area contributed by atoms with Crippen molar-refractivity contribution in [3.63, 3.8) is 0 Å². The molecule has 0 radical (unpaired) electrons. The molecule has 0 amide bonds. The Morgan fingerprint density at radius 2 is 2.05 bits per heavy atom. The summed E-state index contributed by atoms with van der Waals surface area (Å²) in [7, 11) is 0. The lowest BCUT2D eigenvalue weighted by atomic mass is 10.3. The molecule has 2 aromatic heterocycles. The summed E-state index contributed by atoms with van der Waals surface area (Å²) in [5.41, 5.74) is -0.907. The Hall–Kier alpha value is -1.12. The summed E-state index contributed by atoms with van der Waals surface area (Å²) in [6.07, 6.45) is -2.36. The van der Waals surface area contributed by atoms with E-state index < -0.39 is 11.7 Å². The highest BCUT2D eigenvalue weighted by molar-refractivity contribution is 8.01. The lowest BCUT2D eigenvalue weighted by molar-refractivity contribution is -0.137. The molecule has 9 heteroatoms. The van der Waals surface area contributed by atoms with E-state index in [1.165, 1.54) is 13.1 Å². The van der Waals surface area contributed by atoms with E-state index in [1.54, 1.807) is 0 Å². The van der Waals surface area contributed by atoms with Gasteiger partial charge in [-0.3, -0.25) is 4.79 Å². The standard InChI is InChI=1S/C11H6ClF3N2OS2/c1-5(18)8-4-17-10(19-8)20-9-7(12)2-6(3-16-9)11(13,14)15/h2-4H,1H3. The second-order valence-corrected chi connectivity index (χ2v) is 6.33. The molecular formula is C11H6ClF3N2OS2. The third-order valence-electron chi connectivity index (χ3n) is 2.15. The smallest absolute Gasteiger partial charge is 0.294 e. The van der Waals surface area contributed by atoms with Crippen molar-refractivity contribution < 1.29 is 18.0 Å². The van der Waals surface area contributed by atoms with Gasteiger partial charge in [0.15, 0.2) is 10.1 Å². The number of Topliss-reactive ketones (excluding diaryl/α,β-unsaturated/α-hetero) is 1. The van der Waals surface area contributed by atoms with Crippen molar-refractivity contribution >= 4 is 40.5 Å². The van der Waals surface area contributed by atoms with Gasteiger partial charge in [-0.2, -0.15) is 13.2 Å². The Balaban J connectivity index is 2.23. The molecule has 2 heterocycles. The van der Waals surface area contributed by atoms with Gasteiger partial charge in [-0.25, -0.2) is 9.97 Å². The predicted molar refractivity (Wildman–Crippen MR) is 70.5 cm³/mol. The van der Waals surface area contributed by atoms with Crippen molar-refractivity contribution in [1.29, 1.82) is 0 Å². The number of hydrogen-bond acceptors (Lipinski definition) is 5. The second kappa shape index (κ2) is 5.71. The summed E-state index contributed by atoms with van der Waals surface area (Å²) in [5.74, 6) is -0.124. The van der Waals surface area contributed by atoms with Crippen LogP contribution in [0.3, 0.4) is 0 Å². The van der Waals surface area contributed by atoms with Crippen LogP contribution in [0.5, 0.6) is 0 Å². The van der Waals surface area contributed by atoms with Gasteiger partial charge in [0.05, 0.1) is 21.7 Å². The van der Waals surface area contributed by atoms with Crippen LogP contribution in [0, 0.1) is 0 Å². The topological polar surface area (TPSA) is 42.9 Å². The van der Waals surface area contributed by atoms with Crippen molar-refractivity contribution in [2.45, 2.75) is 22.5 Å². The highest BCUT2D eigenvalue weighted by atomic mass is 35.5. The van der Waals surface area contributed by atoms with E-state index in [0.717, 1.165) is 29.2 Å². The maximum atomic E-state index is 12.5. The molecule has 0 spiro atoms. The number of carbonyl (C=O) groups excluding carboxylic acids is 1. The first kappa shape index (κ1) is 15.3. The van der Waals surface area contributed by atoms with Gasteiger partial charge in [-0.15, -0.1) is 11.3 Å². The van der Waals surface area contributed by atoms with Crippen LogP contribution < -0.4 is 0 Å². The first-order valence-electron chi connectivity index (χ1n) is 5.14. The highest BCUT2D eigenvalue weighted by Gasteiger charge is 2.31. The van der Waals surface area contributed by atoms with Crippen LogP contribution in [0.15, 0.2) is 27.8 Å². The number of ketones is 1. The molecule has 2 rings (SSSR count). The van der Waals surface area contributed by atoms with Gasteiger partial charge in [-0.1, -0.05) is 11.6 Å². The molecule has 0 N–H and O–H groups in total. The molecule has 0 fully saturated rings. The largest absolute Gasteiger partial charge is 0.417 e. The Morgan fingerprint density at radius 3 is 2.55 bits per heavy atom. The van der Waals surface area contributed by atoms with Crippen LogP contribution in [0.1, 0.15) is 22.2 Å². The van der Waals surface area contributed by atoms with Crippen molar-refractivity contribution in [1.82, 2.24) is 9.97 Å². The van der Waals surface area contributed by atoms with Crippen LogP contribution in [0.25, 0.3) is 0 Å². The van der Waals surface area contributed by atoms with Crippen molar-refractivity contribution in [2.24, 2.45) is 0 Å². The first-order chi connectivity index (χ1) is 9.27. The maximum Gasteiger partial charge on any atom is 0.417 e. The summed E-state index contributed by atoms with van der Waals surface area (Å²) in [5, 5.41) is 0.105. The van der Waals surface area contributed by atoms with Gasteiger partial charge < -0.3 is 0 Å². The Morgan fingerprint density at radius 1 is 1.35 bits per heavy atom. The minimum absolute atomic E-state index is 0.107. The molecule has 0 atom stereocenters. The monoisotopic (exact) mass is 338 g/mol. The molecule has 106 valence electrons. The molecular weight excluding hydrogens is 333 g/mol. The number of aromatic nitrogens is 2. The van der Waals surface area contributed by atoms with Crippen LogP contribution in [-0.2, 0) is 6.18 Å². The lowest BCUT2D eigenvalue weighted by Crippen LogP contribution is -2.05. The predicted octanol–water partition coefficient (Wildman–Crippen LogP) is 4.56. The number of halogens is 4. The quantitative estimate of drug-likeness (QED) is 0.769. The lowest BCUT2D eigenvalue weighted by Gasteiger charge is -2.07. The van der Waals surface area contributed by atoms with Crippen LogP contribution in [0.2, 0.25) is 5.02 Å². The van der Waals surface area contributed by atoms with Crippen LogP contribution >= 0.6 is 34.7 Å². The van der Waals surface area contributed by atoms with E-state index in [2.05, 4.69) is 9.97 Å². The summed E-state index contributed by atoms with van der Waals surface area (Å²) >= 11 is 7.93. The van der Waals surface area contributed by atoms with Crippen LogP contribution in [0.4, 0.5) is 13.2 Å². The molecule has 0 aliphatic carbocycles. The Labute approximate surface area is 125 Å². The average Bonchev–Trinajstić information content (AvgIpc) is 2.79. The zero-order chi connectivity index (χ0) is 14.9. The zero-order valence-corrected chi connectivity index (χ0v) is 12.3. The normalized spacial score (nSPS) is 11.7. The van der Waals surface area contributed by atoms with Crippen molar-refractivity contribution in [2.75, 3.05) is 0 Å². The van der Waals surface area contributed by atoms with E-state index in [1.807, 2.05) is 0 Å². The Bertz CT molecular complexity index is 657.